The van der Waals surface area contributed by atoms with Crippen LogP contribution in [0.5, 0.6) is 0 Å². The van der Waals surface area contributed by atoms with Gasteiger partial charge in [0.2, 0.25) is 0 Å². The second kappa shape index (κ2) is 5.32. The predicted molar refractivity (Wildman–Crippen MR) is 69.2 cm³/mol. The summed E-state index contributed by atoms with van der Waals surface area (Å²) >= 11 is 0. The highest BCUT2D eigenvalue weighted by Crippen LogP contribution is 2.16. The Morgan fingerprint density at radius 2 is 2.00 bits per heavy atom. The summed E-state index contributed by atoms with van der Waals surface area (Å²) < 4.78 is 23.5. The van der Waals surface area contributed by atoms with Gasteiger partial charge in [-0.1, -0.05) is 23.4 Å². The van der Waals surface area contributed by atoms with Crippen molar-refractivity contribution in [2.45, 2.75) is 11.4 Å². The number of hydrogen-bond acceptors (Lipinski definition) is 4. The zero-order valence-corrected chi connectivity index (χ0v) is 11.1. The van der Waals surface area contributed by atoms with Gasteiger partial charge in [-0.3, -0.25) is 0 Å². The van der Waals surface area contributed by atoms with E-state index < -0.39 is 9.92 Å². The van der Waals surface area contributed by atoms with Crippen molar-refractivity contribution in [3.63, 3.8) is 0 Å². The molecule has 0 saturated carbocycles. The molecule has 18 heavy (non-hydrogen) atoms. The summed E-state index contributed by atoms with van der Waals surface area (Å²) in [4.78, 5) is 0.693. The number of aromatic nitrogens is 1. The lowest BCUT2D eigenvalue weighted by molar-refractivity contribution is 0.412. The molecule has 5 nitrogen and oxygen atoms in total. The zero-order valence-electron chi connectivity index (χ0n) is 10.3. The Labute approximate surface area is 107 Å². The minimum atomic E-state index is -2.58. The maximum atomic E-state index is 12.9. The van der Waals surface area contributed by atoms with E-state index in [1.165, 1.54) is 6.26 Å². The minimum Gasteiger partial charge on any atom is -0.364 e. The van der Waals surface area contributed by atoms with E-state index in [0.29, 0.717) is 10.6 Å². The lowest BCUT2D eigenvalue weighted by atomic mass is 10.4. The van der Waals surface area contributed by atoms with Crippen LogP contribution in [0.4, 0.5) is 0 Å². The molecular weight excluding hydrogens is 250 g/mol. The summed E-state index contributed by atoms with van der Waals surface area (Å²) in [5, 5.41) is 3.76. The van der Waals surface area contributed by atoms with Crippen molar-refractivity contribution >= 4 is 9.92 Å². The second-order valence-electron chi connectivity index (χ2n) is 3.90. The quantitative estimate of drug-likeness (QED) is 0.851. The maximum Gasteiger partial charge on any atom is 0.139 e. The summed E-state index contributed by atoms with van der Waals surface area (Å²) in [7, 11) is 0.919. The molecule has 0 radical (unpaired) electrons. The topological polar surface area (TPSA) is 58.7 Å². The molecule has 0 amide bonds. The molecule has 0 unspecified atom stereocenters. The molecule has 0 aliphatic carbocycles. The van der Waals surface area contributed by atoms with E-state index in [4.69, 9.17) is 4.52 Å². The minimum absolute atomic E-state index is 0.266. The SMILES string of the molecule is CN(C)[S@@](=O)(=NCc1ccon1)c1ccccc1. The molecule has 1 aromatic heterocycles. The van der Waals surface area contributed by atoms with Crippen LogP contribution in [0.3, 0.4) is 0 Å². The van der Waals surface area contributed by atoms with Crippen LogP contribution in [-0.2, 0) is 16.5 Å². The molecule has 0 N–H and O–H groups in total. The van der Waals surface area contributed by atoms with Crippen LogP contribution in [0, 0.1) is 0 Å². The standard InChI is InChI=1S/C12H15N3O2S/c1-15(2)18(16,12-6-4-3-5-7-12)13-10-11-8-9-17-14-11/h3-9H,10H2,1-2H3/t18-/m0/s1. The van der Waals surface area contributed by atoms with E-state index in [0.717, 1.165) is 0 Å². The Morgan fingerprint density at radius 3 is 2.56 bits per heavy atom. The highest BCUT2D eigenvalue weighted by Gasteiger charge is 2.15. The summed E-state index contributed by atoms with van der Waals surface area (Å²) in [6.45, 7) is 0.266. The van der Waals surface area contributed by atoms with Gasteiger partial charge in [-0.05, 0) is 12.1 Å². The fourth-order valence-electron chi connectivity index (χ4n) is 1.47. The van der Waals surface area contributed by atoms with E-state index in [1.54, 1.807) is 24.5 Å². The summed E-state index contributed by atoms with van der Waals surface area (Å²) in [5.41, 5.74) is 0.667. The molecule has 96 valence electrons. The van der Waals surface area contributed by atoms with Gasteiger partial charge < -0.3 is 4.52 Å². The van der Waals surface area contributed by atoms with Crippen LogP contribution in [0.1, 0.15) is 5.69 Å². The molecular formula is C12H15N3O2S. The fourth-order valence-corrected chi connectivity index (χ4v) is 3.09. The van der Waals surface area contributed by atoms with Gasteiger partial charge in [-0.25, -0.2) is 12.9 Å². The lowest BCUT2D eigenvalue weighted by Crippen LogP contribution is -2.22. The third-order valence-corrected chi connectivity index (χ3v) is 4.79. The molecule has 1 aromatic carbocycles. The van der Waals surface area contributed by atoms with Gasteiger partial charge in [-0.15, -0.1) is 0 Å². The maximum absolute atomic E-state index is 12.9. The first-order valence-corrected chi connectivity index (χ1v) is 6.95. The Balaban J connectivity index is 2.39. The van der Waals surface area contributed by atoms with Crippen LogP contribution < -0.4 is 0 Å². The Hall–Kier alpha value is -1.66. The highest BCUT2D eigenvalue weighted by atomic mass is 32.2. The van der Waals surface area contributed by atoms with Crippen LogP contribution in [0.15, 0.2) is 56.4 Å². The van der Waals surface area contributed by atoms with E-state index in [-0.39, 0.29) is 6.54 Å². The summed E-state index contributed by atoms with van der Waals surface area (Å²) in [5.74, 6) is 0. The molecule has 1 heterocycles. The second-order valence-corrected chi connectivity index (χ2v) is 6.35. The van der Waals surface area contributed by atoms with Crippen molar-refractivity contribution in [1.82, 2.24) is 9.46 Å². The Kier molecular flexibility index (Phi) is 3.78. The Bertz CT molecular complexity index is 600. The number of benzene rings is 1. The molecule has 0 bridgehead atoms. The number of hydrogen-bond donors (Lipinski definition) is 0. The van der Waals surface area contributed by atoms with E-state index >= 15 is 0 Å². The molecule has 2 aromatic rings. The Morgan fingerprint density at radius 1 is 1.28 bits per heavy atom. The molecule has 0 aliphatic heterocycles. The summed E-state index contributed by atoms with van der Waals surface area (Å²) in [6, 6.07) is 10.9. The molecule has 1 atom stereocenters. The molecule has 0 aliphatic rings. The van der Waals surface area contributed by atoms with Crippen molar-refractivity contribution in [2.75, 3.05) is 14.1 Å². The van der Waals surface area contributed by atoms with E-state index in [1.807, 2.05) is 30.3 Å². The van der Waals surface area contributed by atoms with E-state index in [2.05, 4.69) is 9.52 Å². The van der Waals surface area contributed by atoms with Gasteiger partial charge in [0.15, 0.2) is 0 Å². The molecule has 0 spiro atoms. The lowest BCUT2D eigenvalue weighted by Gasteiger charge is -2.17. The molecule has 6 heteroatoms. The van der Waals surface area contributed by atoms with Crippen molar-refractivity contribution in [2.24, 2.45) is 4.36 Å². The number of rotatable bonds is 4. The third-order valence-electron chi connectivity index (χ3n) is 2.44. The first-order chi connectivity index (χ1) is 8.63. The van der Waals surface area contributed by atoms with Gasteiger partial charge in [0.1, 0.15) is 21.9 Å². The smallest absolute Gasteiger partial charge is 0.139 e. The normalized spacial score (nSPS) is 14.4. The van der Waals surface area contributed by atoms with Gasteiger partial charge in [0.25, 0.3) is 0 Å². The monoisotopic (exact) mass is 265 g/mol. The van der Waals surface area contributed by atoms with Gasteiger partial charge in [0, 0.05) is 20.2 Å². The fraction of sp³-hybridized carbons (Fsp3) is 0.250. The molecule has 0 saturated heterocycles. The van der Waals surface area contributed by atoms with Gasteiger partial charge in [0.05, 0.1) is 11.4 Å². The molecule has 0 fully saturated rings. The van der Waals surface area contributed by atoms with Crippen molar-refractivity contribution < 1.29 is 8.73 Å². The van der Waals surface area contributed by atoms with Crippen molar-refractivity contribution in [3.05, 3.63) is 48.4 Å². The highest BCUT2D eigenvalue weighted by molar-refractivity contribution is 7.91. The van der Waals surface area contributed by atoms with Gasteiger partial charge in [-0.2, -0.15) is 0 Å². The van der Waals surface area contributed by atoms with Gasteiger partial charge >= 0.3 is 0 Å². The van der Waals surface area contributed by atoms with Crippen LogP contribution in [0.25, 0.3) is 0 Å². The first-order valence-electron chi connectivity index (χ1n) is 5.47. The first kappa shape index (κ1) is 12.8. The number of nitrogens with zero attached hydrogens (tertiary/aromatic N) is 3. The van der Waals surface area contributed by atoms with Crippen molar-refractivity contribution in [3.8, 4) is 0 Å². The van der Waals surface area contributed by atoms with Crippen LogP contribution >= 0.6 is 0 Å². The van der Waals surface area contributed by atoms with Crippen molar-refractivity contribution in [1.29, 1.82) is 0 Å². The van der Waals surface area contributed by atoms with Crippen LogP contribution in [-0.4, -0.2) is 27.8 Å². The molecule has 2 rings (SSSR count). The zero-order chi connectivity index (χ0) is 13.0. The predicted octanol–water partition coefficient (Wildman–Crippen LogP) is 2.18. The van der Waals surface area contributed by atoms with Crippen LogP contribution in [0.2, 0.25) is 0 Å². The average Bonchev–Trinajstić information content (AvgIpc) is 2.90. The largest absolute Gasteiger partial charge is 0.364 e. The third kappa shape index (κ3) is 2.60. The average molecular weight is 265 g/mol. The van der Waals surface area contributed by atoms with E-state index in [9.17, 15) is 4.21 Å². The summed E-state index contributed by atoms with van der Waals surface area (Å²) in [6.07, 6.45) is 1.48.